The predicted molar refractivity (Wildman–Crippen MR) is 109 cm³/mol. The number of hydrogen-bond acceptors (Lipinski definition) is 2. The van der Waals surface area contributed by atoms with Gasteiger partial charge in [-0.1, -0.05) is 90.0 Å². The lowest BCUT2D eigenvalue weighted by atomic mass is 10.0. The summed E-state index contributed by atoms with van der Waals surface area (Å²) in [7, 11) is -5.29. The quantitative estimate of drug-likeness (QED) is 0.0716. The number of esters is 1. The van der Waals surface area contributed by atoms with Crippen LogP contribution in [-0.2, 0) is 9.53 Å². The summed E-state index contributed by atoms with van der Waals surface area (Å²) in [5, 5.41) is 0. The number of hydrogen-bond donors (Lipinski definition) is 0. The van der Waals surface area contributed by atoms with Crippen molar-refractivity contribution in [3.05, 3.63) is 12.2 Å². The van der Waals surface area contributed by atoms with E-state index in [0.717, 1.165) is 32.1 Å². The second-order valence-electron chi connectivity index (χ2n) is 7.58. The van der Waals surface area contributed by atoms with Crippen molar-refractivity contribution in [2.24, 2.45) is 0 Å². The van der Waals surface area contributed by atoms with Gasteiger partial charge in [0.15, 0.2) is 0 Å². The fourth-order valence-corrected chi connectivity index (χ4v) is 3.66. The monoisotopic (exact) mass is 408 g/mol. The van der Waals surface area contributed by atoms with Crippen molar-refractivity contribution in [2.75, 3.05) is 6.61 Å². The average Bonchev–Trinajstić information content (AvgIpc) is 2.59. The molecule has 0 aromatic carbocycles. The van der Waals surface area contributed by atoms with E-state index in [0.29, 0.717) is 18.6 Å². The van der Waals surface area contributed by atoms with E-state index in [-0.39, 0.29) is 5.97 Å². The Morgan fingerprint density at radius 3 is 1.37 bits per heavy atom. The Kier molecular flexibility index (Phi) is 16.8. The summed E-state index contributed by atoms with van der Waals surface area (Å²) in [5.41, 5.74) is 0.456. The Morgan fingerprint density at radius 2 is 1.04 bits per heavy atom. The third-order valence-corrected chi connectivity index (χ3v) is 5.61. The maximum atomic E-state index is 12.1. The van der Waals surface area contributed by atoms with Gasteiger partial charge in [0.25, 0.3) is 0 Å². The third kappa shape index (κ3) is 21.4. The molecule has 0 fully saturated rings. The van der Waals surface area contributed by atoms with E-state index in [4.69, 9.17) is 4.74 Å². The number of carbonyl (C=O) groups excluding carboxylic acids is 1. The van der Waals surface area contributed by atoms with Gasteiger partial charge in [0.1, 0.15) is 0 Å². The van der Waals surface area contributed by atoms with Gasteiger partial charge in [-0.25, -0.2) is 17.1 Å². The highest BCUT2D eigenvalue weighted by Crippen LogP contribution is 2.20. The summed E-state index contributed by atoms with van der Waals surface area (Å²) < 4.78 is 41.4. The first-order valence-electron chi connectivity index (χ1n) is 10.7. The van der Waals surface area contributed by atoms with Crippen LogP contribution in [-0.4, -0.2) is 21.7 Å². The Morgan fingerprint density at radius 1 is 0.704 bits per heavy atom. The molecule has 0 spiro atoms. The van der Waals surface area contributed by atoms with Crippen LogP contribution in [0.2, 0.25) is 6.04 Å². The fourth-order valence-electron chi connectivity index (χ4n) is 3.01. The second kappa shape index (κ2) is 17.3. The third-order valence-electron chi connectivity index (χ3n) is 4.69. The molecule has 0 aromatic rings. The van der Waals surface area contributed by atoms with Crippen LogP contribution < -0.4 is 0 Å². The van der Waals surface area contributed by atoms with Crippen molar-refractivity contribution in [3.63, 3.8) is 0 Å². The molecule has 0 atom stereocenters. The first-order valence-corrected chi connectivity index (χ1v) is 12.6. The zero-order valence-corrected chi connectivity index (χ0v) is 18.2. The van der Waals surface area contributed by atoms with Gasteiger partial charge in [-0.05, 0) is 19.8 Å². The number of rotatable bonds is 19. The van der Waals surface area contributed by atoms with Crippen LogP contribution in [0.15, 0.2) is 12.2 Å². The second-order valence-corrected chi connectivity index (χ2v) is 9.32. The molecule has 0 radical (unpaired) electrons. The van der Waals surface area contributed by atoms with Crippen molar-refractivity contribution >= 4 is 15.0 Å². The highest BCUT2D eigenvalue weighted by Gasteiger charge is 2.35. The maximum absolute atomic E-state index is 12.1. The molecule has 0 bridgehead atoms. The molecule has 160 valence electrons. The molecule has 0 aliphatic rings. The highest BCUT2D eigenvalue weighted by molar-refractivity contribution is 6.58. The molecule has 27 heavy (non-hydrogen) atoms. The van der Waals surface area contributed by atoms with Crippen molar-refractivity contribution in [3.8, 4) is 0 Å². The summed E-state index contributed by atoms with van der Waals surface area (Å²) in [5.74, 6) is -0.294. The Hall–Kier alpha value is -0.783. The van der Waals surface area contributed by atoms with Gasteiger partial charge in [0.05, 0.1) is 6.61 Å². The molecular weight excluding hydrogens is 369 g/mol. The molecular formula is C21H39F3O2Si. The van der Waals surface area contributed by atoms with E-state index < -0.39 is 15.1 Å². The molecule has 0 aliphatic carbocycles. The number of unbranched alkanes of at least 4 members (excludes halogenated alkanes) is 14. The number of ether oxygens (including phenoxy) is 1. The summed E-state index contributed by atoms with van der Waals surface area (Å²) >= 11 is 0. The minimum atomic E-state index is -5.29. The van der Waals surface area contributed by atoms with E-state index in [9.17, 15) is 17.1 Å². The van der Waals surface area contributed by atoms with E-state index in [2.05, 4.69) is 6.58 Å². The van der Waals surface area contributed by atoms with Gasteiger partial charge >= 0.3 is 15.0 Å². The van der Waals surface area contributed by atoms with E-state index in [1.807, 2.05) is 0 Å². The Balaban J connectivity index is 3.11. The Labute approximate surface area is 165 Å². The SMILES string of the molecule is C=C(C)C(=O)OCCCCCCCCCCCCCCCCC[Si](F)(F)F. The number of halogens is 3. The summed E-state index contributed by atoms with van der Waals surface area (Å²) in [6.07, 6.45) is 16.3. The molecule has 0 amide bonds. The van der Waals surface area contributed by atoms with Crippen LogP contribution in [0.3, 0.4) is 0 Å². The van der Waals surface area contributed by atoms with Crippen LogP contribution in [0.1, 0.15) is 103 Å². The van der Waals surface area contributed by atoms with Gasteiger partial charge in [-0.15, -0.1) is 0 Å². The first-order chi connectivity index (χ1) is 12.8. The molecule has 0 unspecified atom stereocenters. The molecule has 0 aromatic heterocycles. The smallest absolute Gasteiger partial charge is 0.462 e. The summed E-state index contributed by atoms with van der Waals surface area (Å²) in [6.45, 7) is 5.70. The lowest BCUT2D eigenvalue weighted by Gasteiger charge is -2.05. The van der Waals surface area contributed by atoms with Crippen molar-refractivity contribution in [1.29, 1.82) is 0 Å². The van der Waals surface area contributed by atoms with Gasteiger partial charge in [0.2, 0.25) is 0 Å². The van der Waals surface area contributed by atoms with Gasteiger partial charge in [-0.3, -0.25) is 0 Å². The lowest BCUT2D eigenvalue weighted by molar-refractivity contribution is -0.139. The molecule has 0 rings (SSSR count). The zero-order chi connectivity index (χ0) is 20.4. The van der Waals surface area contributed by atoms with Crippen molar-refractivity contribution in [1.82, 2.24) is 0 Å². The molecule has 0 heterocycles. The number of carbonyl (C=O) groups is 1. The van der Waals surface area contributed by atoms with Gasteiger partial charge < -0.3 is 4.74 Å². The van der Waals surface area contributed by atoms with Crippen LogP contribution >= 0.6 is 0 Å². The molecule has 0 saturated carbocycles. The molecule has 2 nitrogen and oxygen atoms in total. The van der Waals surface area contributed by atoms with E-state index in [1.165, 1.54) is 57.8 Å². The molecule has 0 N–H and O–H groups in total. The highest BCUT2D eigenvalue weighted by atomic mass is 28.5. The standard InChI is InChI=1S/C21H39F3O2Si/c1-20(2)21(25)26-18-16-14-12-10-8-6-4-3-5-7-9-11-13-15-17-19-27(22,23)24/h1,3-19H2,2H3. The van der Waals surface area contributed by atoms with Crippen LogP contribution in [0.5, 0.6) is 0 Å². The zero-order valence-electron chi connectivity index (χ0n) is 17.2. The first kappa shape index (κ1) is 26.2. The minimum Gasteiger partial charge on any atom is -0.462 e. The largest absolute Gasteiger partial charge is 0.616 e. The van der Waals surface area contributed by atoms with Crippen molar-refractivity contribution in [2.45, 2.75) is 109 Å². The van der Waals surface area contributed by atoms with Crippen LogP contribution in [0.4, 0.5) is 12.3 Å². The normalized spacial score (nSPS) is 11.6. The van der Waals surface area contributed by atoms with Gasteiger partial charge in [-0.2, -0.15) is 0 Å². The minimum absolute atomic E-state index is 0.294. The summed E-state index contributed by atoms with van der Waals surface area (Å²) in [6, 6.07) is -0.491. The molecule has 0 aliphatic heterocycles. The average molecular weight is 409 g/mol. The maximum Gasteiger partial charge on any atom is 0.616 e. The van der Waals surface area contributed by atoms with Crippen LogP contribution in [0, 0.1) is 0 Å². The Bertz CT molecular complexity index is 384. The molecule has 0 saturated heterocycles. The summed E-state index contributed by atoms with van der Waals surface area (Å²) in [4.78, 5) is 11.2. The molecule has 6 heteroatoms. The van der Waals surface area contributed by atoms with Crippen LogP contribution in [0.25, 0.3) is 0 Å². The van der Waals surface area contributed by atoms with Crippen molar-refractivity contribution < 1.29 is 21.9 Å². The van der Waals surface area contributed by atoms with E-state index in [1.54, 1.807) is 6.92 Å². The fraction of sp³-hybridized carbons (Fsp3) is 0.857. The topological polar surface area (TPSA) is 26.3 Å². The van der Waals surface area contributed by atoms with E-state index >= 15 is 0 Å². The predicted octanol–water partition coefficient (Wildman–Crippen LogP) is 7.80. The van der Waals surface area contributed by atoms with Gasteiger partial charge in [0, 0.05) is 11.6 Å². The lowest BCUT2D eigenvalue weighted by Crippen LogP contribution is -2.13.